The second-order valence-corrected chi connectivity index (χ2v) is 4.10. The van der Waals surface area contributed by atoms with Crippen molar-refractivity contribution in [2.45, 2.75) is 6.54 Å². The molecule has 0 amide bonds. The standard InChI is InChI=1S/C9H7ClFN3S/c10-7-1-2-8(11)6(3-7)4-12-9-14-13-5-15-9/h1-3,5H,4H2,(H,12,14). The first-order chi connectivity index (χ1) is 7.25. The van der Waals surface area contributed by atoms with Gasteiger partial charge >= 0.3 is 0 Å². The smallest absolute Gasteiger partial charge is 0.205 e. The lowest BCUT2D eigenvalue weighted by Gasteiger charge is -2.04. The largest absolute Gasteiger partial charge is 0.356 e. The maximum atomic E-state index is 13.3. The fourth-order valence-electron chi connectivity index (χ4n) is 1.10. The Hall–Kier alpha value is -1.20. The van der Waals surface area contributed by atoms with Crippen LogP contribution in [0.15, 0.2) is 23.7 Å². The highest BCUT2D eigenvalue weighted by Gasteiger charge is 2.03. The Kier molecular flexibility index (Phi) is 3.13. The molecule has 0 spiro atoms. The van der Waals surface area contributed by atoms with Crippen LogP contribution in [0.25, 0.3) is 0 Å². The Labute approximate surface area is 94.9 Å². The first kappa shape index (κ1) is 10.3. The van der Waals surface area contributed by atoms with E-state index in [2.05, 4.69) is 15.5 Å². The molecule has 78 valence electrons. The molecule has 0 saturated heterocycles. The number of benzene rings is 1. The van der Waals surface area contributed by atoms with Gasteiger partial charge in [-0.25, -0.2) is 4.39 Å². The van der Waals surface area contributed by atoms with E-state index in [1.165, 1.54) is 23.5 Å². The average Bonchev–Trinajstić information content (AvgIpc) is 2.72. The SMILES string of the molecule is Fc1ccc(Cl)cc1CNc1nncs1. The van der Waals surface area contributed by atoms with E-state index >= 15 is 0 Å². The van der Waals surface area contributed by atoms with E-state index < -0.39 is 0 Å². The van der Waals surface area contributed by atoms with Gasteiger partial charge in [0.2, 0.25) is 5.13 Å². The number of halogens is 2. The number of hydrogen-bond donors (Lipinski definition) is 1. The summed E-state index contributed by atoms with van der Waals surface area (Å²) in [6.07, 6.45) is 0. The van der Waals surface area contributed by atoms with Gasteiger partial charge in [-0.2, -0.15) is 0 Å². The highest BCUT2D eigenvalue weighted by molar-refractivity contribution is 7.13. The Balaban J connectivity index is 2.07. The van der Waals surface area contributed by atoms with Crippen molar-refractivity contribution in [2.24, 2.45) is 0 Å². The molecule has 0 bridgehead atoms. The van der Waals surface area contributed by atoms with Gasteiger partial charge in [0.05, 0.1) is 0 Å². The monoisotopic (exact) mass is 243 g/mol. The third-order valence-electron chi connectivity index (χ3n) is 1.80. The molecule has 0 atom stereocenters. The lowest BCUT2D eigenvalue weighted by Crippen LogP contribution is -2.01. The second-order valence-electron chi connectivity index (χ2n) is 2.83. The van der Waals surface area contributed by atoms with Gasteiger partial charge < -0.3 is 5.32 Å². The van der Waals surface area contributed by atoms with Crippen LogP contribution in [-0.4, -0.2) is 10.2 Å². The van der Waals surface area contributed by atoms with E-state index in [1.54, 1.807) is 11.6 Å². The van der Waals surface area contributed by atoms with Crippen molar-refractivity contribution in [1.82, 2.24) is 10.2 Å². The summed E-state index contributed by atoms with van der Waals surface area (Å²) < 4.78 is 13.3. The molecule has 0 aliphatic heterocycles. The number of anilines is 1. The van der Waals surface area contributed by atoms with Gasteiger partial charge in [-0.1, -0.05) is 22.9 Å². The van der Waals surface area contributed by atoms with Crippen molar-refractivity contribution in [3.8, 4) is 0 Å². The molecule has 0 unspecified atom stereocenters. The molecule has 6 heteroatoms. The number of nitrogens with zero attached hydrogens (tertiary/aromatic N) is 2. The summed E-state index contributed by atoms with van der Waals surface area (Å²) in [5, 5.41) is 11.6. The van der Waals surface area contributed by atoms with Crippen molar-refractivity contribution in [2.75, 3.05) is 5.32 Å². The summed E-state index contributed by atoms with van der Waals surface area (Å²) in [5.41, 5.74) is 2.12. The molecule has 2 aromatic rings. The van der Waals surface area contributed by atoms with Gasteiger partial charge in [-0.05, 0) is 18.2 Å². The number of hydrogen-bond acceptors (Lipinski definition) is 4. The van der Waals surface area contributed by atoms with Crippen LogP contribution in [0.2, 0.25) is 5.02 Å². The minimum Gasteiger partial charge on any atom is -0.356 e. The highest BCUT2D eigenvalue weighted by Crippen LogP contribution is 2.17. The normalized spacial score (nSPS) is 10.3. The molecular formula is C9H7ClFN3S. The molecule has 1 heterocycles. The number of rotatable bonds is 3. The molecule has 0 fully saturated rings. The highest BCUT2D eigenvalue weighted by atomic mass is 35.5. The van der Waals surface area contributed by atoms with Crippen molar-refractivity contribution >= 4 is 28.1 Å². The fraction of sp³-hybridized carbons (Fsp3) is 0.111. The Morgan fingerprint density at radius 3 is 3.07 bits per heavy atom. The number of aromatic nitrogens is 2. The zero-order chi connectivity index (χ0) is 10.7. The predicted molar refractivity (Wildman–Crippen MR) is 58.6 cm³/mol. The number of nitrogens with one attached hydrogen (secondary N) is 1. The van der Waals surface area contributed by atoms with Gasteiger partial charge in [0.1, 0.15) is 11.3 Å². The molecule has 1 aromatic carbocycles. The van der Waals surface area contributed by atoms with Gasteiger partial charge in [-0.3, -0.25) is 0 Å². The van der Waals surface area contributed by atoms with Crippen molar-refractivity contribution in [3.63, 3.8) is 0 Å². The van der Waals surface area contributed by atoms with E-state index in [1.807, 2.05) is 0 Å². The topological polar surface area (TPSA) is 37.8 Å². The van der Waals surface area contributed by atoms with Crippen molar-refractivity contribution in [3.05, 3.63) is 40.1 Å². The summed E-state index contributed by atoms with van der Waals surface area (Å²) in [6.45, 7) is 0.349. The minimum absolute atomic E-state index is 0.281. The van der Waals surface area contributed by atoms with Gasteiger partial charge in [0.15, 0.2) is 0 Å². The zero-order valence-electron chi connectivity index (χ0n) is 7.58. The van der Waals surface area contributed by atoms with Crippen LogP contribution in [0.5, 0.6) is 0 Å². The third-order valence-corrected chi connectivity index (χ3v) is 2.68. The maximum absolute atomic E-state index is 13.3. The van der Waals surface area contributed by atoms with Crippen LogP contribution in [0.3, 0.4) is 0 Å². The first-order valence-corrected chi connectivity index (χ1v) is 5.45. The average molecular weight is 244 g/mol. The molecule has 3 nitrogen and oxygen atoms in total. The molecule has 0 aliphatic rings. The van der Waals surface area contributed by atoms with Crippen LogP contribution in [0.4, 0.5) is 9.52 Å². The Bertz CT molecular complexity index is 447. The summed E-state index contributed by atoms with van der Waals surface area (Å²) >= 11 is 7.12. The lowest BCUT2D eigenvalue weighted by atomic mass is 10.2. The summed E-state index contributed by atoms with van der Waals surface area (Å²) in [4.78, 5) is 0. The van der Waals surface area contributed by atoms with E-state index in [-0.39, 0.29) is 5.82 Å². The molecule has 0 radical (unpaired) electrons. The van der Waals surface area contributed by atoms with Gasteiger partial charge in [0.25, 0.3) is 0 Å². The van der Waals surface area contributed by atoms with E-state index in [4.69, 9.17) is 11.6 Å². The van der Waals surface area contributed by atoms with Gasteiger partial charge in [-0.15, -0.1) is 10.2 Å². The van der Waals surface area contributed by atoms with E-state index in [0.717, 1.165) is 0 Å². The predicted octanol–water partition coefficient (Wildman–Crippen LogP) is 2.94. The van der Waals surface area contributed by atoms with E-state index in [0.29, 0.717) is 22.3 Å². The van der Waals surface area contributed by atoms with Crippen molar-refractivity contribution in [1.29, 1.82) is 0 Å². The summed E-state index contributed by atoms with van der Waals surface area (Å²) in [6, 6.07) is 4.45. The van der Waals surface area contributed by atoms with E-state index in [9.17, 15) is 4.39 Å². The molecule has 0 aliphatic carbocycles. The second kappa shape index (κ2) is 4.55. The van der Waals surface area contributed by atoms with Crippen LogP contribution < -0.4 is 5.32 Å². The molecule has 2 rings (SSSR count). The van der Waals surface area contributed by atoms with Crippen molar-refractivity contribution < 1.29 is 4.39 Å². The van der Waals surface area contributed by atoms with Crippen LogP contribution in [-0.2, 0) is 6.54 Å². The summed E-state index contributed by atoms with van der Waals surface area (Å²) in [5.74, 6) is -0.281. The Morgan fingerprint density at radius 1 is 1.47 bits per heavy atom. The van der Waals surface area contributed by atoms with Crippen LogP contribution >= 0.6 is 22.9 Å². The molecular weight excluding hydrogens is 237 g/mol. The first-order valence-electron chi connectivity index (χ1n) is 4.19. The van der Waals surface area contributed by atoms with Crippen LogP contribution in [0, 0.1) is 5.82 Å². The molecule has 0 saturated carbocycles. The summed E-state index contributed by atoms with van der Waals surface area (Å²) in [7, 11) is 0. The van der Waals surface area contributed by atoms with Crippen LogP contribution in [0.1, 0.15) is 5.56 Å². The molecule has 15 heavy (non-hydrogen) atoms. The molecule has 1 aromatic heterocycles. The third kappa shape index (κ3) is 2.64. The molecule has 1 N–H and O–H groups in total. The maximum Gasteiger partial charge on any atom is 0.205 e. The minimum atomic E-state index is -0.281. The quantitative estimate of drug-likeness (QED) is 0.901. The van der Waals surface area contributed by atoms with Gasteiger partial charge in [0, 0.05) is 17.1 Å². The zero-order valence-corrected chi connectivity index (χ0v) is 9.15. The lowest BCUT2D eigenvalue weighted by molar-refractivity contribution is 0.613. The Morgan fingerprint density at radius 2 is 2.33 bits per heavy atom. The fourth-order valence-corrected chi connectivity index (χ4v) is 1.74.